The molecule has 0 amide bonds. The van der Waals surface area contributed by atoms with Crippen LogP contribution in [0.15, 0.2) is 48.5 Å². The highest BCUT2D eigenvalue weighted by atomic mass is 32.2. The Hall–Kier alpha value is -3.26. The molecule has 0 radical (unpaired) electrons. The summed E-state index contributed by atoms with van der Waals surface area (Å²) in [6.07, 6.45) is 0. The van der Waals surface area contributed by atoms with Crippen LogP contribution in [0.1, 0.15) is 29.8 Å². The first-order chi connectivity index (χ1) is 15.3. The molecule has 9 nitrogen and oxygen atoms in total. The average Bonchev–Trinajstić information content (AvgIpc) is 3.20. The van der Waals surface area contributed by atoms with Crippen molar-refractivity contribution in [3.8, 4) is 6.07 Å². The number of benzene rings is 2. The predicted octanol–water partition coefficient (Wildman–Crippen LogP) is 1.81. The summed E-state index contributed by atoms with van der Waals surface area (Å²) in [5.74, 6) is -1.47. The molecule has 0 saturated heterocycles. The van der Waals surface area contributed by atoms with E-state index < -0.39 is 33.6 Å². The van der Waals surface area contributed by atoms with Gasteiger partial charge in [0.15, 0.2) is 0 Å². The minimum absolute atomic E-state index is 0.0198. The Morgan fingerprint density at radius 1 is 1.25 bits per heavy atom. The number of carboxylic acid groups (broad SMARTS) is 1. The van der Waals surface area contributed by atoms with Crippen LogP contribution >= 0.6 is 0 Å². The van der Waals surface area contributed by atoms with Gasteiger partial charge in [0, 0.05) is 19.0 Å². The van der Waals surface area contributed by atoms with Crippen molar-refractivity contribution in [1.82, 2.24) is 18.6 Å². The molecule has 1 aliphatic heterocycles. The SMILES string of the molecule is C[C@@H]1[C@H](c2ccccc2)[C@]1(NS(=O)(=O)N1CCn2c(nc3cc(C#N)ccc32)C1)C(=O)O. The van der Waals surface area contributed by atoms with E-state index in [1.807, 2.05) is 41.0 Å². The Labute approximate surface area is 185 Å². The standard InChI is InChI=1S/C22H21N5O4S/c1-14-20(16-5-3-2-4-6-16)22(14,21(28)29)25-32(30,31)26-9-10-27-18-8-7-15(12-23)11-17(18)24-19(27)13-26/h2-8,11,14,20,25H,9-10,13H2,1H3,(H,28,29)/t14-,20-,22+/m1/s1. The first kappa shape index (κ1) is 20.6. The fourth-order valence-corrected chi connectivity index (χ4v) is 6.42. The maximum absolute atomic E-state index is 13.3. The lowest BCUT2D eigenvalue weighted by Crippen LogP contribution is -2.53. The third-order valence-electron chi connectivity index (χ3n) is 6.60. The van der Waals surface area contributed by atoms with Gasteiger partial charge in [-0.25, -0.2) is 4.98 Å². The molecular weight excluding hydrogens is 430 g/mol. The highest BCUT2D eigenvalue weighted by molar-refractivity contribution is 7.87. The smallest absolute Gasteiger partial charge is 0.325 e. The van der Waals surface area contributed by atoms with Gasteiger partial charge in [-0.2, -0.15) is 22.7 Å². The van der Waals surface area contributed by atoms with E-state index in [1.165, 1.54) is 4.31 Å². The molecule has 1 fully saturated rings. The Morgan fingerprint density at radius 2 is 2.00 bits per heavy atom. The molecule has 2 aliphatic rings. The molecule has 32 heavy (non-hydrogen) atoms. The van der Waals surface area contributed by atoms with Crippen LogP contribution in [0.25, 0.3) is 11.0 Å². The van der Waals surface area contributed by atoms with Crippen molar-refractivity contribution >= 4 is 27.2 Å². The number of nitrogens with one attached hydrogen (secondary N) is 1. The zero-order valence-electron chi connectivity index (χ0n) is 17.3. The number of aromatic nitrogens is 2. The summed E-state index contributed by atoms with van der Waals surface area (Å²) in [6, 6.07) is 16.4. The lowest BCUT2D eigenvalue weighted by atomic mass is 10.1. The topological polar surface area (TPSA) is 128 Å². The van der Waals surface area contributed by atoms with Crippen LogP contribution in [-0.2, 0) is 28.1 Å². The number of imidazole rings is 1. The summed E-state index contributed by atoms with van der Waals surface area (Å²) >= 11 is 0. The summed E-state index contributed by atoms with van der Waals surface area (Å²) in [5, 5.41) is 19.1. The largest absolute Gasteiger partial charge is 0.480 e. The zero-order chi connectivity index (χ0) is 22.7. The number of nitriles is 1. The average molecular weight is 452 g/mol. The van der Waals surface area contributed by atoms with Gasteiger partial charge in [-0.05, 0) is 29.7 Å². The van der Waals surface area contributed by atoms with Crippen molar-refractivity contribution in [3.05, 3.63) is 65.5 Å². The third-order valence-corrected chi connectivity index (χ3v) is 8.18. The second kappa shape index (κ2) is 7.13. The normalized spacial score (nSPS) is 25.2. The Balaban J connectivity index is 1.43. The number of fused-ring (bicyclic) bond motifs is 3. The number of aliphatic carboxylic acids is 1. The van der Waals surface area contributed by atoms with Crippen LogP contribution in [-0.4, -0.2) is 45.4 Å². The molecule has 0 bridgehead atoms. The van der Waals surface area contributed by atoms with Gasteiger partial charge in [0.2, 0.25) is 0 Å². The molecule has 3 aromatic rings. The summed E-state index contributed by atoms with van der Waals surface area (Å²) in [5.41, 5.74) is 1.16. The summed E-state index contributed by atoms with van der Waals surface area (Å²) in [6.45, 7) is 2.34. The molecule has 3 atom stereocenters. The van der Waals surface area contributed by atoms with Crippen LogP contribution in [0.2, 0.25) is 0 Å². The van der Waals surface area contributed by atoms with Crippen LogP contribution < -0.4 is 4.72 Å². The van der Waals surface area contributed by atoms with Gasteiger partial charge in [-0.15, -0.1) is 0 Å². The van der Waals surface area contributed by atoms with Crippen molar-refractivity contribution in [3.63, 3.8) is 0 Å². The summed E-state index contributed by atoms with van der Waals surface area (Å²) in [7, 11) is -4.09. The fourth-order valence-electron chi connectivity index (χ4n) is 4.85. The van der Waals surface area contributed by atoms with E-state index in [2.05, 4.69) is 15.8 Å². The highest BCUT2D eigenvalue weighted by Crippen LogP contribution is 2.58. The van der Waals surface area contributed by atoms with Crippen molar-refractivity contribution in [2.45, 2.75) is 31.5 Å². The maximum atomic E-state index is 13.3. The maximum Gasteiger partial charge on any atom is 0.325 e. The van der Waals surface area contributed by atoms with E-state index in [4.69, 9.17) is 5.26 Å². The molecule has 164 valence electrons. The van der Waals surface area contributed by atoms with Gasteiger partial charge in [0.1, 0.15) is 11.4 Å². The molecule has 1 saturated carbocycles. The lowest BCUT2D eigenvalue weighted by Gasteiger charge is -2.29. The molecule has 2 N–H and O–H groups in total. The van der Waals surface area contributed by atoms with Crippen molar-refractivity contribution < 1.29 is 18.3 Å². The second-order valence-corrected chi connectivity index (χ2v) is 9.96. The molecule has 2 aromatic carbocycles. The molecule has 2 heterocycles. The van der Waals surface area contributed by atoms with Gasteiger partial charge >= 0.3 is 5.97 Å². The Morgan fingerprint density at radius 3 is 2.69 bits per heavy atom. The first-order valence-electron chi connectivity index (χ1n) is 10.2. The van der Waals surface area contributed by atoms with Crippen LogP contribution in [0.4, 0.5) is 0 Å². The predicted molar refractivity (Wildman–Crippen MR) is 116 cm³/mol. The van der Waals surface area contributed by atoms with E-state index in [-0.39, 0.29) is 13.1 Å². The van der Waals surface area contributed by atoms with Crippen molar-refractivity contribution in [1.29, 1.82) is 5.26 Å². The van der Waals surface area contributed by atoms with E-state index in [0.29, 0.717) is 23.4 Å². The number of hydrogen-bond donors (Lipinski definition) is 2. The van der Waals surface area contributed by atoms with E-state index in [1.54, 1.807) is 19.1 Å². The fraction of sp³-hybridized carbons (Fsp3) is 0.318. The van der Waals surface area contributed by atoms with Gasteiger partial charge in [-0.3, -0.25) is 4.79 Å². The molecule has 10 heteroatoms. The van der Waals surface area contributed by atoms with Gasteiger partial charge in [-0.1, -0.05) is 37.3 Å². The van der Waals surface area contributed by atoms with Gasteiger partial charge in [0.25, 0.3) is 10.2 Å². The Kier molecular flexibility index (Phi) is 4.60. The van der Waals surface area contributed by atoms with Gasteiger partial charge < -0.3 is 9.67 Å². The lowest BCUT2D eigenvalue weighted by molar-refractivity contribution is -0.140. The van der Waals surface area contributed by atoms with Crippen molar-refractivity contribution in [2.24, 2.45) is 5.92 Å². The quantitative estimate of drug-likeness (QED) is 0.609. The van der Waals surface area contributed by atoms with Crippen LogP contribution in [0, 0.1) is 17.2 Å². The summed E-state index contributed by atoms with van der Waals surface area (Å²) < 4.78 is 32.2. The van der Waals surface area contributed by atoms with E-state index in [0.717, 1.165) is 11.1 Å². The number of rotatable bonds is 5. The minimum atomic E-state index is -4.09. The van der Waals surface area contributed by atoms with Crippen molar-refractivity contribution in [2.75, 3.05) is 6.54 Å². The summed E-state index contributed by atoms with van der Waals surface area (Å²) in [4.78, 5) is 16.7. The minimum Gasteiger partial charge on any atom is -0.480 e. The number of hydrogen-bond acceptors (Lipinski definition) is 5. The third kappa shape index (κ3) is 3.01. The number of carbonyl (C=O) groups is 1. The van der Waals surface area contributed by atoms with Gasteiger partial charge in [0.05, 0.1) is 29.2 Å². The molecule has 1 aromatic heterocycles. The number of carboxylic acids is 1. The first-order valence-corrected chi connectivity index (χ1v) is 11.7. The molecule has 1 aliphatic carbocycles. The number of nitrogens with zero attached hydrogens (tertiary/aromatic N) is 4. The molecule has 0 unspecified atom stereocenters. The van der Waals surface area contributed by atoms with Crippen LogP contribution in [0.5, 0.6) is 0 Å². The zero-order valence-corrected chi connectivity index (χ0v) is 18.1. The Bertz CT molecular complexity index is 1380. The second-order valence-electron chi connectivity index (χ2n) is 8.29. The van der Waals surface area contributed by atoms with Crippen LogP contribution in [0.3, 0.4) is 0 Å². The van der Waals surface area contributed by atoms with E-state index >= 15 is 0 Å². The molecular formula is C22H21N5O4S. The molecule has 0 spiro atoms. The highest BCUT2D eigenvalue weighted by Gasteiger charge is 2.70. The molecule has 5 rings (SSSR count). The monoisotopic (exact) mass is 451 g/mol. The van der Waals surface area contributed by atoms with E-state index in [9.17, 15) is 18.3 Å².